The zero-order chi connectivity index (χ0) is 18.1. The van der Waals surface area contributed by atoms with E-state index in [1.165, 1.54) is 0 Å². The maximum atomic E-state index is 12.5. The monoisotopic (exact) mass is 427 g/mol. The van der Waals surface area contributed by atoms with Gasteiger partial charge in [0.05, 0.1) is 4.88 Å². The standard InChI is InChI=1S/C18H14BrN5OS/c19-13-5-2-1-4-11(13)10-21-18(25)12-8-15(20)24-16(9-12)22-17(23-24)14-6-3-7-26-14/h1-9H,10,20H2,(H,21,25). The molecular formula is C18H14BrN5OS. The second-order valence-corrected chi connectivity index (χ2v) is 7.43. The Labute approximate surface area is 161 Å². The van der Waals surface area contributed by atoms with E-state index in [1.54, 1.807) is 28.0 Å². The van der Waals surface area contributed by atoms with E-state index in [0.29, 0.717) is 29.4 Å². The van der Waals surface area contributed by atoms with Crippen LogP contribution < -0.4 is 11.1 Å². The van der Waals surface area contributed by atoms with Gasteiger partial charge in [0, 0.05) is 16.6 Å². The van der Waals surface area contributed by atoms with Crippen molar-refractivity contribution >= 4 is 44.6 Å². The Balaban J connectivity index is 1.60. The van der Waals surface area contributed by atoms with Gasteiger partial charge in [-0.2, -0.15) is 4.52 Å². The molecule has 0 saturated carbocycles. The number of aromatic nitrogens is 3. The first-order valence-corrected chi connectivity index (χ1v) is 9.51. The highest BCUT2D eigenvalue weighted by molar-refractivity contribution is 9.10. The molecule has 0 aliphatic heterocycles. The van der Waals surface area contributed by atoms with Crippen molar-refractivity contribution in [2.75, 3.05) is 5.73 Å². The predicted molar refractivity (Wildman–Crippen MR) is 106 cm³/mol. The van der Waals surface area contributed by atoms with Crippen molar-refractivity contribution in [2.24, 2.45) is 0 Å². The minimum Gasteiger partial charge on any atom is -0.384 e. The third kappa shape index (κ3) is 3.21. The number of hydrogen-bond acceptors (Lipinski definition) is 5. The third-order valence-corrected chi connectivity index (χ3v) is 5.51. The maximum absolute atomic E-state index is 12.5. The van der Waals surface area contributed by atoms with E-state index in [0.717, 1.165) is 14.9 Å². The molecule has 6 nitrogen and oxygen atoms in total. The number of nitrogen functional groups attached to an aromatic ring is 1. The normalized spacial score (nSPS) is 11.0. The first kappa shape index (κ1) is 16.7. The highest BCUT2D eigenvalue weighted by Gasteiger charge is 2.14. The summed E-state index contributed by atoms with van der Waals surface area (Å²) in [5.74, 6) is 0.747. The van der Waals surface area contributed by atoms with Crippen LogP contribution >= 0.6 is 27.3 Å². The predicted octanol–water partition coefficient (Wildman–Crippen LogP) is 3.73. The van der Waals surface area contributed by atoms with E-state index in [9.17, 15) is 4.79 Å². The summed E-state index contributed by atoms with van der Waals surface area (Å²) in [5.41, 5.74) is 8.06. The van der Waals surface area contributed by atoms with E-state index in [2.05, 4.69) is 31.3 Å². The minimum atomic E-state index is -0.212. The van der Waals surface area contributed by atoms with Crippen LogP contribution in [0.15, 0.2) is 58.4 Å². The van der Waals surface area contributed by atoms with Gasteiger partial charge in [0.1, 0.15) is 5.82 Å². The number of pyridine rings is 1. The van der Waals surface area contributed by atoms with Crippen molar-refractivity contribution in [1.29, 1.82) is 0 Å². The molecule has 1 aromatic carbocycles. The van der Waals surface area contributed by atoms with Gasteiger partial charge < -0.3 is 11.1 Å². The van der Waals surface area contributed by atoms with Gasteiger partial charge in [-0.1, -0.05) is 40.2 Å². The molecule has 0 spiro atoms. The first-order valence-electron chi connectivity index (χ1n) is 7.83. The van der Waals surface area contributed by atoms with Gasteiger partial charge in [-0.25, -0.2) is 4.98 Å². The number of nitrogens with two attached hydrogens (primary N) is 1. The quantitative estimate of drug-likeness (QED) is 0.519. The lowest BCUT2D eigenvalue weighted by Gasteiger charge is -2.08. The van der Waals surface area contributed by atoms with Crippen molar-refractivity contribution in [3.63, 3.8) is 0 Å². The molecule has 0 saturated heterocycles. The molecule has 3 aromatic heterocycles. The van der Waals surface area contributed by atoms with Crippen molar-refractivity contribution in [2.45, 2.75) is 6.54 Å². The number of anilines is 1. The van der Waals surface area contributed by atoms with Crippen molar-refractivity contribution < 1.29 is 4.79 Å². The molecule has 1 amide bonds. The number of nitrogens with zero attached hydrogens (tertiary/aromatic N) is 3. The van der Waals surface area contributed by atoms with Gasteiger partial charge in [0.2, 0.25) is 0 Å². The Kier molecular flexibility index (Phi) is 4.44. The maximum Gasteiger partial charge on any atom is 0.251 e. The fraction of sp³-hybridized carbons (Fsp3) is 0.0556. The molecule has 4 rings (SSSR count). The lowest BCUT2D eigenvalue weighted by molar-refractivity contribution is 0.0951. The van der Waals surface area contributed by atoms with Crippen LogP contribution in [-0.4, -0.2) is 20.5 Å². The highest BCUT2D eigenvalue weighted by atomic mass is 79.9. The summed E-state index contributed by atoms with van der Waals surface area (Å²) in [6, 6.07) is 14.9. The van der Waals surface area contributed by atoms with Crippen LogP contribution in [0.4, 0.5) is 5.82 Å². The molecule has 3 heterocycles. The van der Waals surface area contributed by atoms with Crippen LogP contribution in [-0.2, 0) is 6.54 Å². The Morgan fingerprint density at radius 1 is 1.23 bits per heavy atom. The van der Waals surface area contributed by atoms with Gasteiger partial charge >= 0.3 is 0 Å². The average molecular weight is 428 g/mol. The van der Waals surface area contributed by atoms with Crippen molar-refractivity contribution in [3.05, 3.63) is 69.5 Å². The number of amides is 1. The van der Waals surface area contributed by atoms with Gasteiger partial charge in [0.25, 0.3) is 5.91 Å². The number of carbonyl (C=O) groups is 1. The van der Waals surface area contributed by atoms with Crippen LogP contribution in [0, 0.1) is 0 Å². The number of halogens is 1. The SMILES string of the molecule is Nc1cc(C(=O)NCc2ccccc2Br)cc2nc(-c3cccs3)nn12. The van der Waals surface area contributed by atoms with E-state index in [1.807, 2.05) is 41.8 Å². The molecule has 0 unspecified atom stereocenters. The van der Waals surface area contributed by atoms with Gasteiger partial charge in [0.15, 0.2) is 11.5 Å². The first-order chi connectivity index (χ1) is 12.6. The second kappa shape index (κ2) is 6.89. The molecule has 0 aliphatic carbocycles. The molecule has 0 radical (unpaired) electrons. The Morgan fingerprint density at radius 2 is 2.08 bits per heavy atom. The van der Waals surface area contributed by atoms with Crippen LogP contribution in [0.1, 0.15) is 15.9 Å². The van der Waals surface area contributed by atoms with Gasteiger partial charge in [-0.05, 0) is 35.2 Å². The van der Waals surface area contributed by atoms with Gasteiger partial charge in [-0.15, -0.1) is 16.4 Å². The molecule has 0 aliphatic rings. The second-order valence-electron chi connectivity index (χ2n) is 5.63. The molecule has 26 heavy (non-hydrogen) atoms. The molecule has 3 N–H and O–H groups in total. The van der Waals surface area contributed by atoms with E-state index < -0.39 is 0 Å². The lowest BCUT2D eigenvalue weighted by Crippen LogP contribution is -2.23. The Bertz CT molecular complexity index is 1090. The summed E-state index contributed by atoms with van der Waals surface area (Å²) < 4.78 is 2.49. The molecule has 0 fully saturated rings. The fourth-order valence-electron chi connectivity index (χ4n) is 2.57. The number of nitrogens with one attached hydrogen (secondary N) is 1. The van der Waals surface area contributed by atoms with Crippen LogP contribution in [0.5, 0.6) is 0 Å². The minimum absolute atomic E-state index is 0.212. The average Bonchev–Trinajstić information content (AvgIpc) is 3.30. The van der Waals surface area contributed by atoms with E-state index in [4.69, 9.17) is 5.73 Å². The number of thiophene rings is 1. The largest absolute Gasteiger partial charge is 0.384 e. The molecule has 130 valence electrons. The summed E-state index contributed by atoms with van der Waals surface area (Å²) in [6.45, 7) is 0.415. The number of hydrogen-bond donors (Lipinski definition) is 2. The van der Waals surface area contributed by atoms with E-state index >= 15 is 0 Å². The summed E-state index contributed by atoms with van der Waals surface area (Å²) in [4.78, 5) is 18.0. The molecule has 0 bridgehead atoms. The topological polar surface area (TPSA) is 85.3 Å². The number of benzene rings is 1. The van der Waals surface area contributed by atoms with Crippen LogP contribution in [0.3, 0.4) is 0 Å². The fourth-order valence-corrected chi connectivity index (χ4v) is 3.65. The summed E-state index contributed by atoms with van der Waals surface area (Å²) in [7, 11) is 0. The zero-order valence-corrected chi connectivity index (χ0v) is 15.9. The van der Waals surface area contributed by atoms with Gasteiger partial charge in [-0.3, -0.25) is 4.79 Å². The molecular weight excluding hydrogens is 414 g/mol. The number of fused-ring (bicyclic) bond motifs is 1. The highest BCUT2D eigenvalue weighted by Crippen LogP contribution is 2.23. The molecule has 4 aromatic rings. The molecule has 0 atom stereocenters. The Morgan fingerprint density at radius 3 is 2.85 bits per heavy atom. The third-order valence-electron chi connectivity index (χ3n) is 3.87. The number of carbonyl (C=O) groups excluding carboxylic acids is 1. The summed E-state index contributed by atoms with van der Waals surface area (Å²) in [6.07, 6.45) is 0. The van der Waals surface area contributed by atoms with Crippen LogP contribution in [0.2, 0.25) is 0 Å². The summed E-state index contributed by atoms with van der Waals surface area (Å²) in [5, 5.41) is 9.28. The van der Waals surface area contributed by atoms with Crippen LogP contribution in [0.25, 0.3) is 16.3 Å². The Hall–Kier alpha value is -2.71. The lowest BCUT2D eigenvalue weighted by atomic mass is 10.2. The molecule has 8 heteroatoms. The smallest absolute Gasteiger partial charge is 0.251 e. The number of rotatable bonds is 4. The zero-order valence-electron chi connectivity index (χ0n) is 13.5. The van der Waals surface area contributed by atoms with E-state index in [-0.39, 0.29) is 5.91 Å². The summed E-state index contributed by atoms with van der Waals surface area (Å²) >= 11 is 5.03. The van der Waals surface area contributed by atoms with Crippen molar-refractivity contribution in [3.8, 4) is 10.7 Å². The van der Waals surface area contributed by atoms with Crippen molar-refractivity contribution in [1.82, 2.24) is 19.9 Å².